The molecule has 0 unspecified atom stereocenters. The van der Waals surface area contributed by atoms with Gasteiger partial charge in [-0.2, -0.15) is 0 Å². The van der Waals surface area contributed by atoms with Crippen molar-refractivity contribution in [1.29, 1.82) is 0 Å². The summed E-state index contributed by atoms with van der Waals surface area (Å²) in [6.07, 6.45) is 0.518. The molecule has 0 radical (unpaired) electrons. The summed E-state index contributed by atoms with van der Waals surface area (Å²) in [5.41, 5.74) is 11.7. The van der Waals surface area contributed by atoms with Crippen LogP contribution in [0.2, 0.25) is 0 Å². The Morgan fingerprint density at radius 2 is 1.76 bits per heavy atom. The van der Waals surface area contributed by atoms with Crippen molar-refractivity contribution in [3.63, 3.8) is 0 Å². The van der Waals surface area contributed by atoms with Crippen LogP contribution in [-0.2, 0) is 14.8 Å². The fraction of sp³-hybridized carbons (Fsp3) is 0.214. The normalized spacial score (nSPS) is 12.6. The molecule has 0 aliphatic heterocycles. The third kappa shape index (κ3) is 5.31. The number of aromatic nitrogens is 2. The first-order valence-corrected chi connectivity index (χ1v) is 9.62. The molecule has 1 aromatic carbocycles. The SMILES string of the molecule is CC[C@H](Sc1nc(N)cc(N)n1)C(=O)Nc1ccc(S(N)(=O)=O)cc1. The highest BCUT2D eigenvalue weighted by atomic mass is 32.2. The summed E-state index contributed by atoms with van der Waals surface area (Å²) >= 11 is 1.14. The molecule has 1 amide bonds. The van der Waals surface area contributed by atoms with Crippen LogP contribution in [0.3, 0.4) is 0 Å². The number of hydrogen-bond donors (Lipinski definition) is 4. The molecule has 0 saturated heterocycles. The maximum absolute atomic E-state index is 12.4. The first-order valence-electron chi connectivity index (χ1n) is 7.19. The van der Waals surface area contributed by atoms with E-state index < -0.39 is 15.3 Å². The van der Waals surface area contributed by atoms with E-state index in [-0.39, 0.29) is 22.4 Å². The Hall–Kier alpha value is -2.37. The number of carbonyl (C=O) groups excluding carboxylic acids is 1. The maximum Gasteiger partial charge on any atom is 0.238 e. The van der Waals surface area contributed by atoms with Crippen LogP contribution in [0.15, 0.2) is 40.4 Å². The largest absolute Gasteiger partial charge is 0.383 e. The Labute approximate surface area is 149 Å². The van der Waals surface area contributed by atoms with Crippen molar-refractivity contribution >= 4 is 45.0 Å². The van der Waals surface area contributed by atoms with Crippen molar-refractivity contribution in [2.45, 2.75) is 28.6 Å². The minimum absolute atomic E-state index is 0.0319. The van der Waals surface area contributed by atoms with Crippen LogP contribution in [-0.4, -0.2) is 29.5 Å². The summed E-state index contributed by atoms with van der Waals surface area (Å²) in [4.78, 5) is 20.5. The first-order chi connectivity index (χ1) is 11.7. The van der Waals surface area contributed by atoms with Crippen molar-refractivity contribution in [2.24, 2.45) is 5.14 Å². The second-order valence-corrected chi connectivity index (χ2v) is 7.80. The fourth-order valence-corrected chi connectivity index (χ4v) is 3.33. The zero-order valence-corrected chi connectivity index (χ0v) is 15.0. The molecule has 0 fully saturated rings. The molecule has 7 N–H and O–H groups in total. The van der Waals surface area contributed by atoms with E-state index in [0.717, 1.165) is 11.8 Å². The van der Waals surface area contributed by atoms with Gasteiger partial charge in [-0.15, -0.1) is 0 Å². The molecule has 0 saturated carbocycles. The van der Waals surface area contributed by atoms with Gasteiger partial charge in [-0.25, -0.2) is 23.5 Å². The quantitative estimate of drug-likeness (QED) is 0.420. The first kappa shape index (κ1) is 19.0. The van der Waals surface area contributed by atoms with E-state index in [2.05, 4.69) is 15.3 Å². The molecule has 0 aliphatic carbocycles. The smallest absolute Gasteiger partial charge is 0.238 e. The number of nitrogens with zero attached hydrogens (tertiary/aromatic N) is 2. The number of benzene rings is 1. The molecule has 1 aromatic heterocycles. The molecule has 0 aliphatic rings. The van der Waals surface area contributed by atoms with Gasteiger partial charge < -0.3 is 16.8 Å². The molecule has 1 atom stereocenters. The molecule has 2 rings (SSSR count). The number of thioether (sulfide) groups is 1. The lowest BCUT2D eigenvalue weighted by Crippen LogP contribution is -2.25. The summed E-state index contributed by atoms with van der Waals surface area (Å²) in [5, 5.41) is 7.58. The number of amides is 1. The summed E-state index contributed by atoms with van der Waals surface area (Å²) in [7, 11) is -3.77. The summed E-state index contributed by atoms with van der Waals surface area (Å²) in [5.74, 6) is 0.174. The predicted molar refractivity (Wildman–Crippen MR) is 97.2 cm³/mol. The number of carbonyl (C=O) groups is 1. The van der Waals surface area contributed by atoms with E-state index in [1.165, 1.54) is 30.3 Å². The lowest BCUT2D eigenvalue weighted by molar-refractivity contribution is -0.115. The van der Waals surface area contributed by atoms with Crippen LogP contribution in [0.1, 0.15) is 13.3 Å². The molecular weight excluding hydrogens is 364 g/mol. The van der Waals surface area contributed by atoms with Crippen molar-refractivity contribution in [1.82, 2.24) is 9.97 Å². The minimum atomic E-state index is -3.77. The molecule has 9 nitrogen and oxygen atoms in total. The Bertz CT molecular complexity index is 850. The maximum atomic E-state index is 12.4. The lowest BCUT2D eigenvalue weighted by Gasteiger charge is -2.14. The van der Waals surface area contributed by atoms with E-state index in [1.807, 2.05) is 6.92 Å². The highest BCUT2D eigenvalue weighted by Gasteiger charge is 2.20. The standard InChI is InChI=1S/C14H18N6O3S2/c1-2-10(24-14-19-11(15)7-12(16)20-14)13(21)18-8-3-5-9(6-4-8)25(17,22)23/h3-7,10H,2H2,1H3,(H,18,21)(H2,17,22,23)(H4,15,16,19,20)/t10-/m0/s1. The minimum Gasteiger partial charge on any atom is -0.383 e. The highest BCUT2D eigenvalue weighted by Crippen LogP contribution is 2.25. The monoisotopic (exact) mass is 382 g/mol. The van der Waals surface area contributed by atoms with E-state index in [9.17, 15) is 13.2 Å². The summed E-state index contributed by atoms with van der Waals surface area (Å²) in [6, 6.07) is 6.99. The van der Waals surface area contributed by atoms with E-state index in [1.54, 1.807) is 0 Å². The van der Waals surface area contributed by atoms with Gasteiger partial charge in [0.05, 0.1) is 10.1 Å². The third-order valence-corrected chi connectivity index (χ3v) is 5.26. The van der Waals surface area contributed by atoms with Crippen LogP contribution in [0.5, 0.6) is 0 Å². The zero-order valence-electron chi connectivity index (χ0n) is 13.3. The molecular formula is C14H18N6O3S2. The average Bonchev–Trinajstić information content (AvgIpc) is 2.51. The Morgan fingerprint density at radius 3 is 2.24 bits per heavy atom. The van der Waals surface area contributed by atoms with Crippen LogP contribution in [0, 0.1) is 0 Å². The van der Waals surface area contributed by atoms with Crippen molar-refractivity contribution in [3.05, 3.63) is 30.3 Å². The second-order valence-electron chi connectivity index (χ2n) is 5.07. The molecule has 0 bridgehead atoms. The molecule has 134 valence electrons. The number of primary sulfonamides is 1. The number of nitrogens with two attached hydrogens (primary N) is 3. The summed E-state index contributed by atoms with van der Waals surface area (Å²) < 4.78 is 22.5. The van der Waals surface area contributed by atoms with Gasteiger partial charge in [0.2, 0.25) is 15.9 Å². The van der Waals surface area contributed by atoms with Crippen molar-refractivity contribution in [2.75, 3.05) is 16.8 Å². The highest BCUT2D eigenvalue weighted by molar-refractivity contribution is 8.00. The molecule has 25 heavy (non-hydrogen) atoms. The topological polar surface area (TPSA) is 167 Å². The van der Waals surface area contributed by atoms with Gasteiger partial charge in [0, 0.05) is 11.8 Å². The van der Waals surface area contributed by atoms with E-state index in [0.29, 0.717) is 17.3 Å². The summed E-state index contributed by atoms with van der Waals surface area (Å²) in [6.45, 7) is 1.84. The van der Waals surface area contributed by atoms with Gasteiger partial charge in [-0.1, -0.05) is 18.7 Å². The van der Waals surface area contributed by atoms with Crippen LogP contribution in [0.4, 0.5) is 17.3 Å². The van der Waals surface area contributed by atoms with Crippen LogP contribution >= 0.6 is 11.8 Å². The number of nitrogen functional groups attached to an aromatic ring is 2. The third-order valence-electron chi connectivity index (χ3n) is 3.11. The number of anilines is 3. The van der Waals surface area contributed by atoms with Crippen LogP contribution < -0.4 is 21.9 Å². The molecule has 0 spiro atoms. The number of rotatable bonds is 6. The van der Waals surface area contributed by atoms with Gasteiger partial charge in [-0.3, -0.25) is 4.79 Å². The Kier molecular flexibility index (Phi) is 5.82. The van der Waals surface area contributed by atoms with Gasteiger partial charge in [0.25, 0.3) is 0 Å². The fourth-order valence-electron chi connectivity index (χ4n) is 1.91. The molecule has 11 heteroatoms. The van der Waals surface area contributed by atoms with Gasteiger partial charge in [0.1, 0.15) is 11.6 Å². The Morgan fingerprint density at radius 1 is 1.20 bits per heavy atom. The van der Waals surface area contributed by atoms with Gasteiger partial charge >= 0.3 is 0 Å². The molecule has 2 aromatic rings. The lowest BCUT2D eigenvalue weighted by atomic mass is 10.3. The van der Waals surface area contributed by atoms with Gasteiger partial charge in [-0.05, 0) is 30.7 Å². The average molecular weight is 382 g/mol. The second kappa shape index (κ2) is 7.68. The Balaban J connectivity index is 2.09. The van der Waals surface area contributed by atoms with Crippen molar-refractivity contribution in [3.8, 4) is 0 Å². The van der Waals surface area contributed by atoms with E-state index in [4.69, 9.17) is 16.6 Å². The van der Waals surface area contributed by atoms with Crippen LogP contribution in [0.25, 0.3) is 0 Å². The molecule has 1 heterocycles. The number of nitrogens with one attached hydrogen (secondary N) is 1. The van der Waals surface area contributed by atoms with Crippen molar-refractivity contribution < 1.29 is 13.2 Å². The number of sulfonamides is 1. The number of hydrogen-bond acceptors (Lipinski definition) is 8. The van der Waals surface area contributed by atoms with E-state index >= 15 is 0 Å². The predicted octanol–water partition coefficient (Wildman–Crippen LogP) is 0.798. The zero-order chi connectivity index (χ0) is 18.6. The van der Waals surface area contributed by atoms with Gasteiger partial charge in [0.15, 0.2) is 5.16 Å².